The van der Waals surface area contributed by atoms with Crippen molar-refractivity contribution >= 4 is 27.8 Å². The van der Waals surface area contributed by atoms with Crippen molar-refractivity contribution < 1.29 is 0 Å². The van der Waals surface area contributed by atoms with Gasteiger partial charge in [0.05, 0.1) is 11.1 Å². The van der Waals surface area contributed by atoms with Crippen LogP contribution in [0.4, 0.5) is 17.1 Å². The minimum atomic E-state index is -0.555. The Hall–Kier alpha value is -6.96. The molecule has 254 valence electrons. The van der Waals surface area contributed by atoms with Gasteiger partial charge in [0, 0.05) is 16.8 Å². The molecule has 0 unspecified atom stereocenters. The maximum Gasteiger partial charge on any atom is 0.0719 e. The van der Waals surface area contributed by atoms with E-state index in [4.69, 9.17) is 0 Å². The zero-order valence-electron chi connectivity index (χ0n) is 29.8. The molecule has 9 aromatic carbocycles. The van der Waals surface area contributed by atoms with Gasteiger partial charge < -0.3 is 4.90 Å². The van der Waals surface area contributed by atoms with E-state index in [0.29, 0.717) is 0 Å². The first-order chi connectivity index (χ1) is 26.8. The lowest BCUT2D eigenvalue weighted by molar-refractivity contribution is 0.775. The number of hydrogen-bond acceptors (Lipinski definition) is 1. The molecule has 0 atom stereocenters. The Balaban J connectivity index is 1.35. The highest BCUT2D eigenvalue weighted by Gasteiger charge is 2.48. The standard InChI is InChI=1S/C53H37N/c1-6-20-38(21-7-1)40-24-18-31-44(36-40)54(43-29-14-5-15-30-43)50-37-48-51-45(39-22-8-2-9-23-39)34-19-35-49(51)53(41-25-10-3-11-26-41,42-27-12-4-13-28-42)52(48)47-33-17-16-32-46(47)50/h1-37H. The van der Waals surface area contributed by atoms with E-state index in [1.54, 1.807) is 0 Å². The van der Waals surface area contributed by atoms with Crippen molar-refractivity contribution in [2.24, 2.45) is 0 Å². The second-order valence-corrected chi connectivity index (χ2v) is 14.0. The molecule has 0 heterocycles. The van der Waals surface area contributed by atoms with Gasteiger partial charge in [0.1, 0.15) is 0 Å². The molecule has 1 nitrogen and oxygen atoms in total. The number of fused-ring (bicyclic) bond motifs is 5. The molecule has 54 heavy (non-hydrogen) atoms. The number of nitrogens with zero attached hydrogens (tertiary/aromatic N) is 1. The monoisotopic (exact) mass is 687 g/mol. The molecule has 0 saturated carbocycles. The van der Waals surface area contributed by atoms with Crippen LogP contribution in [0.3, 0.4) is 0 Å². The van der Waals surface area contributed by atoms with Crippen molar-refractivity contribution in [2.45, 2.75) is 5.41 Å². The van der Waals surface area contributed by atoms with Crippen molar-refractivity contribution in [2.75, 3.05) is 4.90 Å². The zero-order chi connectivity index (χ0) is 35.9. The molecular formula is C53H37N. The Morgan fingerprint density at radius 2 is 0.833 bits per heavy atom. The molecule has 1 aliphatic rings. The van der Waals surface area contributed by atoms with Gasteiger partial charge in [-0.15, -0.1) is 0 Å². The van der Waals surface area contributed by atoms with Gasteiger partial charge in [-0.1, -0.05) is 194 Å². The fourth-order valence-electron chi connectivity index (χ4n) is 8.89. The Morgan fingerprint density at radius 1 is 0.333 bits per heavy atom. The highest BCUT2D eigenvalue weighted by molar-refractivity contribution is 6.10. The van der Waals surface area contributed by atoms with E-state index >= 15 is 0 Å². The Kier molecular flexibility index (Phi) is 7.78. The third-order valence-corrected chi connectivity index (χ3v) is 11.1. The molecular weight excluding hydrogens is 651 g/mol. The minimum absolute atomic E-state index is 0.555. The van der Waals surface area contributed by atoms with Gasteiger partial charge in [-0.3, -0.25) is 0 Å². The molecule has 0 spiro atoms. The number of rotatable bonds is 7. The van der Waals surface area contributed by atoms with E-state index in [9.17, 15) is 0 Å². The van der Waals surface area contributed by atoms with Gasteiger partial charge in [0.2, 0.25) is 0 Å². The van der Waals surface area contributed by atoms with E-state index < -0.39 is 5.41 Å². The number of anilines is 3. The number of benzene rings is 9. The highest BCUT2D eigenvalue weighted by atomic mass is 15.1. The molecule has 1 aliphatic carbocycles. The summed E-state index contributed by atoms with van der Waals surface area (Å²) in [5.74, 6) is 0. The van der Waals surface area contributed by atoms with E-state index in [1.807, 2.05) is 0 Å². The smallest absolute Gasteiger partial charge is 0.0719 e. The lowest BCUT2D eigenvalue weighted by atomic mass is 9.66. The van der Waals surface area contributed by atoms with Crippen LogP contribution in [0, 0.1) is 0 Å². The van der Waals surface area contributed by atoms with E-state index in [2.05, 4.69) is 229 Å². The van der Waals surface area contributed by atoms with E-state index in [-0.39, 0.29) is 0 Å². The number of para-hydroxylation sites is 1. The van der Waals surface area contributed by atoms with Crippen molar-refractivity contribution in [1.29, 1.82) is 0 Å². The van der Waals surface area contributed by atoms with Crippen LogP contribution in [0.5, 0.6) is 0 Å². The maximum atomic E-state index is 2.48. The molecule has 0 bridgehead atoms. The highest BCUT2D eigenvalue weighted by Crippen LogP contribution is 2.61. The van der Waals surface area contributed by atoms with Crippen molar-refractivity contribution in [1.82, 2.24) is 0 Å². The van der Waals surface area contributed by atoms with Crippen LogP contribution < -0.4 is 4.90 Å². The molecule has 0 fully saturated rings. The third kappa shape index (κ3) is 5.01. The van der Waals surface area contributed by atoms with Crippen LogP contribution in [-0.2, 0) is 5.41 Å². The largest absolute Gasteiger partial charge is 0.310 e. The van der Waals surface area contributed by atoms with Gasteiger partial charge in [-0.2, -0.15) is 0 Å². The number of hydrogen-bond donors (Lipinski definition) is 0. The van der Waals surface area contributed by atoms with Crippen LogP contribution in [0.15, 0.2) is 224 Å². The summed E-state index contributed by atoms with van der Waals surface area (Å²) < 4.78 is 0. The zero-order valence-corrected chi connectivity index (χ0v) is 29.8. The quantitative estimate of drug-likeness (QED) is 0.161. The average Bonchev–Trinajstić information content (AvgIpc) is 3.57. The van der Waals surface area contributed by atoms with Gasteiger partial charge >= 0.3 is 0 Å². The Bertz CT molecular complexity index is 2700. The summed E-state index contributed by atoms with van der Waals surface area (Å²) in [4.78, 5) is 2.45. The Labute approximate surface area is 317 Å². The van der Waals surface area contributed by atoms with Gasteiger partial charge in [-0.25, -0.2) is 0 Å². The summed E-state index contributed by atoms with van der Waals surface area (Å²) in [6, 6.07) is 82.0. The predicted octanol–water partition coefficient (Wildman–Crippen LogP) is 14.0. The Morgan fingerprint density at radius 3 is 1.48 bits per heavy atom. The fraction of sp³-hybridized carbons (Fsp3) is 0.0189. The van der Waals surface area contributed by atoms with Crippen LogP contribution >= 0.6 is 0 Å². The first kappa shape index (κ1) is 31.7. The van der Waals surface area contributed by atoms with Gasteiger partial charge in [0.25, 0.3) is 0 Å². The van der Waals surface area contributed by atoms with E-state index in [0.717, 1.165) is 17.1 Å². The molecule has 0 radical (unpaired) electrons. The molecule has 1 heteroatoms. The summed E-state index contributed by atoms with van der Waals surface area (Å²) in [5.41, 5.74) is 15.3. The summed E-state index contributed by atoms with van der Waals surface area (Å²) in [6.07, 6.45) is 0. The second kappa shape index (κ2) is 13.2. The summed E-state index contributed by atoms with van der Waals surface area (Å²) in [5, 5.41) is 2.45. The lowest BCUT2D eigenvalue weighted by Gasteiger charge is -2.35. The lowest BCUT2D eigenvalue weighted by Crippen LogP contribution is -2.29. The van der Waals surface area contributed by atoms with E-state index in [1.165, 1.54) is 66.4 Å². The minimum Gasteiger partial charge on any atom is -0.310 e. The molecule has 0 aliphatic heterocycles. The third-order valence-electron chi connectivity index (χ3n) is 11.1. The van der Waals surface area contributed by atoms with Crippen LogP contribution in [0.25, 0.3) is 44.2 Å². The van der Waals surface area contributed by atoms with Crippen molar-refractivity contribution in [3.63, 3.8) is 0 Å². The van der Waals surface area contributed by atoms with Crippen LogP contribution in [0.2, 0.25) is 0 Å². The van der Waals surface area contributed by atoms with Crippen molar-refractivity contribution in [3.05, 3.63) is 247 Å². The first-order valence-electron chi connectivity index (χ1n) is 18.7. The second-order valence-electron chi connectivity index (χ2n) is 14.0. The van der Waals surface area contributed by atoms with Crippen LogP contribution in [-0.4, -0.2) is 0 Å². The summed E-state index contributed by atoms with van der Waals surface area (Å²) >= 11 is 0. The molecule has 9 aromatic rings. The average molecular weight is 688 g/mol. The first-order valence-corrected chi connectivity index (χ1v) is 18.7. The molecule has 0 amide bonds. The molecule has 10 rings (SSSR count). The molecule has 0 saturated heterocycles. The van der Waals surface area contributed by atoms with Crippen molar-refractivity contribution in [3.8, 4) is 33.4 Å². The maximum absolute atomic E-state index is 2.48. The van der Waals surface area contributed by atoms with Gasteiger partial charge in [-0.05, 0) is 91.4 Å². The molecule has 0 N–H and O–H groups in total. The topological polar surface area (TPSA) is 3.24 Å². The normalized spacial score (nSPS) is 12.6. The van der Waals surface area contributed by atoms with Gasteiger partial charge in [0.15, 0.2) is 0 Å². The summed E-state index contributed by atoms with van der Waals surface area (Å²) in [6.45, 7) is 0. The fourth-order valence-corrected chi connectivity index (χ4v) is 8.89. The molecule has 0 aromatic heterocycles. The van der Waals surface area contributed by atoms with Crippen LogP contribution in [0.1, 0.15) is 22.3 Å². The SMILES string of the molecule is c1ccc(-c2cccc(N(c3ccccc3)c3cc4c(c5ccccc35)C(c3ccccc3)(c3ccccc3)c3cccc(-c5ccccc5)c3-4)c2)cc1. The predicted molar refractivity (Wildman–Crippen MR) is 227 cm³/mol. The summed E-state index contributed by atoms with van der Waals surface area (Å²) in [7, 11) is 0.